The number of rotatable bonds is 3. The minimum absolute atomic E-state index is 0.140. The van der Waals surface area contributed by atoms with E-state index in [4.69, 9.17) is 11.6 Å². The van der Waals surface area contributed by atoms with Crippen molar-refractivity contribution in [2.45, 2.75) is 19.4 Å². The van der Waals surface area contributed by atoms with E-state index < -0.39 is 0 Å². The zero-order valence-corrected chi connectivity index (χ0v) is 16.6. The van der Waals surface area contributed by atoms with Crippen molar-refractivity contribution in [2.75, 3.05) is 18.4 Å². The van der Waals surface area contributed by atoms with Crippen LogP contribution in [0.5, 0.6) is 0 Å². The summed E-state index contributed by atoms with van der Waals surface area (Å²) in [4.78, 5) is 27.2. The number of benzene rings is 2. The fraction of sp³-hybridized carbons (Fsp3) is 0.217. The van der Waals surface area contributed by atoms with Gasteiger partial charge in [0.05, 0.1) is 5.69 Å². The molecule has 3 aromatic rings. The van der Waals surface area contributed by atoms with E-state index in [1.807, 2.05) is 52.1 Å². The van der Waals surface area contributed by atoms with Crippen LogP contribution in [0.2, 0.25) is 5.02 Å². The van der Waals surface area contributed by atoms with Gasteiger partial charge in [-0.3, -0.25) is 9.59 Å². The Hall–Kier alpha value is -3.05. The van der Waals surface area contributed by atoms with Gasteiger partial charge in [-0.15, -0.1) is 0 Å². The Labute approximate surface area is 173 Å². The predicted molar refractivity (Wildman–Crippen MR) is 116 cm³/mol. The highest BCUT2D eigenvalue weighted by Gasteiger charge is 2.25. The van der Waals surface area contributed by atoms with Crippen LogP contribution < -0.4 is 5.32 Å². The van der Waals surface area contributed by atoms with E-state index in [-0.39, 0.29) is 11.8 Å². The van der Waals surface area contributed by atoms with Gasteiger partial charge in [0, 0.05) is 51.9 Å². The smallest absolute Gasteiger partial charge is 0.256 e. The normalized spacial score (nSPS) is 17.2. The molecule has 0 spiro atoms. The molecule has 1 saturated heterocycles. The first kappa shape index (κ1) is 18.0. The van der Waals surface area contributed by atoms with E-state index in [0.717, 1.165) is 53.6 Å². The van der Waals surface area contributed by atoms with Gasteiger partial charge >= 0.3 is 0 Å². The average molecular weight is 406 g/mol. The summed E-state index contributed by atoms with van der Waals surface area (Å²) in [5.41, 5.74) is 4.07. The zero-order chi connectivity index (χ0) is 20.0. The first-order valence-corrected chi connectivity index (χ1v) is 10.2. The number of nitrogens with one attached hydrogen (secondary N) is 1. The lowest BCUT2D eigenvalue weighted by Gasteiger charge is -2.15. The molecule has 146 valence electrons. The van der Waals surface area contributed by atoms with Crippen molar-refractivity contribution >= 4 is 51.7 Å². The van der Waals surface area contributed by atoms with Crippen molar-refractivity contribution in [2.24, 2.45) is 0 Å². The number of halogens is 1. The van der Waals surface area contributed by atoms with Crippen molar-refractivity contribution < 1.29 is 9.59 Å². The molecule has 0 saturated carbocycles. The Morgan fingerprint density at radius 3 is 2.76 bits per heavy atom. The van der Waals surface area contributed by atoms with Crippen LogP contribution in [0, 0.1) is 0 Å². The molecule has 0 aliphatic carbocycles. The molecule has 0 atom stereocenters. The number of anilines is 1. The standard InChI is InChI=1S/C23H20ClN3O2/c24-16-7-8-18-19(23(29)25-20(18)12-16)11-15-13-27(21-6-2-1-5-17(15)21)14-22(28)26-9-3-4-10-26/h1-2,5-8,11-13H,3-4,9-10,14H2,(H,25,29)/b19-11+. The molecule has 2 aromatic carbocycles. The van der Waals surface area contributed by atoms with Crippen LogP contribution >= 0.6 is 11.6 Å². The summed E-state index contributed by atoms with van der Waals surface area (Å²) in [6.07, 6.45) is 6.02. The molecular formula is C23H20ClN3O2. The number of fused-ring (bicyclic) bond motifs is 2. The van der Waals surface area contributed by atoms with Crippen LogP contribution in [0.1, 0.15) is 24.0 Å². The first-order valence-electron chi connectivity index (χ1n) is 9.79. The molecule has 29 heavy (non-hydrogen) atoms. The molecular weight excluding hydrogens is 386 g/mol. The Morgan fingerprint density at radius 2 is 1.93 bits per heavy atom. The molecule has 1 fully saturated rings. The predicted octanol–water partition coefficient (Wildman–Crippen LogP) is 4.41. The molecule has 0 unspecified atom stereocenters. The zero-order valence-electron chi connectivity index (χ0n) is 15.8. The van der Waals surface area contributed by atoms with Gasteiger partial charge in [-0.25, -0.2) is 0 Å². The van der Waals surface area contributed by atoms with Crippen molar-refractivity contribution in [3.8, 4) is 0 Å². The largest absolute Gasteiger partial charge is 0.341 e. The van der Waals surface area contributed by atoms with Gasteiger partial charge in [0.1, 0.15) is 6.54 Å². The number of hydrogen-bond donors (Lipinski definition) is 1. The van der Waals surface area contributed by atoms with Gasteiger partial charge in [0.2, 0.25) is 5.91 Å². The van der Waals surface area contributed by atoms with Crippen molar-refractivity contribution in [1.29, 1.82) is 0 Å². The maximum absolute atomic E-state index is 12.7. The molecule has 3 heterocycles. The summed E-state index contributed by atoms with van der Waals surface area (Å²) in [5, 5.41) is 4.48. The van der Waals surface area contributed by atoms with Gasteiger partial charge < -0.3 is 14.8 Å². The van der Waals surface area contributed by atoms with Crippen LogP contribution in [0.25, 0.3) is 22.6 Å². The fourth-order valence-corrected chi connectivity index (χ4v) is 4.37. The molecule has 6 heteroatoms. The lowest BCUT2D eigenvalue weighted by atomic mass is 10.0. The highest BCUT2D eigenvalue weighted by atomic mass is 35.5. The maximum atomic E-state index is 12.7. The number of nitrogens with zero attached hydrogens (tertiary/aromatic N) is 2. The molecule has 2 aliphatic heterocycles. The summed E-state index contributed by atoms with van der Waals surface area (Å²) in [6, 6.07) is 13.4. The third kappa shape index (κ3) is 3.21. The Balaban J connectivity index is 1.55. The molecule has 5 rings (SSSR count). The molecule has 2 amide bonds. The highest BCUT2D eigenvalue weighted by molar-refractivity contribution is 6.36. The molecule has 0 bridgehead atoms. The first-order chi connectivity index (χ1) is 14.1. The van der Waals surface area contributed by atoms with Gasteiger partial charge in [-0.2, -0.15) is 0 Å². The van der Waals surface area contributed by atoms with E-state index in [2.05, 4.69) is 5.32 Å². The summed E-state index contributed by atoms with van der Waals surface area (Å²) < 4.78 is 1.98. The third-order valence-corrected chi connectivity index (χ3v) is 5.88. The summed E-state index contributed by atoms with van der Waals surface area (Å²) in [6.45, 7) is 1.99. The van der Waals surface area contributed by atoms with Crippen LogP contribution in [-0.2, 0) is 16.1 Å². The third-order valence-electron chi connectivity index (χ3n) is 5.65. The van der Waals surface area contributed by atoms with Crippen LogP contribution in [0.15, 0.2) is 48.7 Å². The quantitative estimate of drug-likeness (QED) is 0.656. The van der Waals surface area contributed by atoms with E-state index in [0.29, 0.717) is 17.1 Å². The van der Waals surface area contributed by atoms with Crippen molar-refractivity contribution in [3.05, 3.63) is 64.8 Å². The summed E-state index contributed by atoms with van der Waals surface area (Å²) in [5.74, 6) is -0.00621. The second-order valence-corrected chi connectivity index (χ2v) is 7.96. The van der Waals surface area contributed by atoms with Crippen molar-refractivity contribution in [3.63, 3.8) is 0 Å². The van der Waals surface area contributed by atoms with Gasteiger partial charge in [0.25, 0.3) is 5.91 Å². The van der Waals surface area contributed by atoms with E-state index in [9.17, 15) is 9.59 Å². The Kier molecular flexibility index (Phi) is 4.40. The number of aromatic nitrogens is 1. The average Bonchev–Trinajstić information content (AvgIpc) is 3.42. The monoisotopic (exact) mass is 405 g/mol. The number of hydrogen-bond acceptors (Lipinski definition) is 2. The summed E-state index contributed by atoms with van der Waals surface area (Å²) in [7, 11) is 0. The molecule has 0 radical (unpaired) electrons. The SMILES string of the molecule is O=C1Nc2cc(Cl)ccc2/C1=C\c1cn(CC(=O)N2CCCC2)c2ccccc12. The topological polar surface area (TPSA) is 54.3 Å². The van der Waals surface area contributed by atoms with E-state index in [1.54, 1.807) is 12.1 Å². The number of amides is 2. The van der Waals surface area contributed by atoms with Gasteiger partial charge in [-0.1, -0.05) is 35.9 Å². The Bertz CT molecular complexity index is 1170. The highest BCUT2D eigenvalue weighted by Crippen LogP contribution is 2.36. The number of carbonyl (C=O) groups excluding carboxylic acids is 2. The van der Waals surface area contributed by atoms with E-state index >= 15 is 0 Å². The van der Waals surface area contributed by atoms with Crippen molar-refractivity contribution in [1.82, 2.24) is 9.47 Å². The maximum Gasteiger partial charge on any atom is 0.256 e. The van der Waals surface area contributed by atoms with Gasteiger partial charge in [0.15, 0.2) is 0 Å². The molecule has 5 nitrogen and oxygen atoms in total. The number of carbonyl (C=O) groups is 2. The Morgan fingerprint density at radius 1 is 1.14 bits per heavy atom. The second kappa shape index (κ2) is 7.08. The molecule has 1 N–H and O–H groups in total. The van der Waals surface area contributed by atoms with Crippen LogP contribution in [0.3, 0.4) is 0 Å². The molecule has 2 aliphatic rings. The van der Waals surface area contributed by atoms with Crippen LogP contribution in [0.4, 0.5) is 5.69 Å². The lowest BCUT2D eigenvalue weighted by molar-refractivity contribution is -0.130. The minimum atomic E-state index is -0.146. The van der Waals surface area contributed by atoms with E-state index in [1.165, 1.54) is 0 Å². The fourth-order valence-electron chi connectivity index (χ4n) is 4.20. The molecule has 1 aromatic heterocycles. The summed E-state index contributed by atoms with van der Waals surface area (Å²) >= 11 is 6.05. The second-order valence-electron chi connectivity index (χ2n) is 7.52. The van der Waals surface area contributed by atoms with Gasteiger partial charge in [-0.05, 0) is 37.1 Å². The minimum Gasteiger partial charge on any atom is -0.341 e. The number of likely N-dealkylation sites (tertiary alicyclic amines) is 1. The lowest BCUT2D eigenvalue weighted by Crippen LogP contribution is -2.30. The van der Waals surface area contributed by atoms with Crippen LogP contribution in [-0.4, -0.2) is 34.4 Å². The number of para-hydroxylation sites is 1.